The van der Waals surface area contributed by atoms with E-state index in [4.69, 9.17) is 0 Å². The number of likely N-dealkylation sites (tertiary alicyclic amines) is 1. The van der Waals surface area contributed by atoms with Crippen molar-refractivity contribution in [1.29, 1.82) is 0 Å². The zero-order valence-electron chi connectivity index (χ0n) is 9.28. The molecule has 1 saturated carbocycles. The largest absolute Gasteiger partial charge is 0.303 e. The Kier molecular flexibility index (Phi) is 2.91. The third-order valence-electron chi connectivity index (χ3n) is 3.99. The molecule has 0 spiro atoms. The van der Waals surface area contributed by atoms with Gasteiger partial charge in [-0.05, 0) is 39.5 Å². The summed E-state index contributed by atoms with van der Waals surface area (Å²) in [6, 6.07) is 2.05. The van der Waals surface area contributed by atoms with Gasteiger partial charge in [0.25, 0.3) is 0 Å². The molecule has 1 aliphatic carbocycles. The van der Waals surface area contributed by atoms with Crippen LogP contribution in [0.25, 0.3) is 0 Å². The highest BCUT2D eigenvalue weighted by molar-refractivity contribution is 5.53. The third kappa shape index (κ3) is 1.72. The van der Waals surface area contributed by atoms with Crippen molar-refractivity contribution in [3.8, 4) is 0 Å². The van der Waals surface area contributed by atoms with Crippen LogP contribution in [-0.2, 0) is 4.79 Å². The van der Waals surface area contributed by atoms with Gasteiger partial charge in [-0.1, -0.05) is 6.42 Å². The second-order valence-electron chi connectivity index (χ2n) is 5.10. The van der Waals surface area contributed by atoms with Gasteiger partial charge in [-0.3, -0.25) is 4.90 Å². The maximum absolute atomic E-state index is 10.8. The monoisotopic (exact) mass is 195 g/mol. The second kappa shape index (κ2) is 4.01. The van der Waals surface area contributed by atoms with Gasteiger partial charge in [-0.2, -0.15) is 0 Å². The first kappa shape index (κ1) is 10.2. The summed E-state index contributed by atoms with van der Waals surface area (Å²) in [6.07, 6.45) is 7.46. The summed E-state index contributed by atoms with van der Waals surface area (Å²) in [4.78, 5) is 13.4. The number of rotatable bonds is 2. The first-order chi connectivity index (χ1) is 6.72. The topological polar surface area (TPSA) is 20.3 Å². The number of piperidine rings is 1. The van der Waals surface area contributed by atoms with Gasteiger partial charge in [0, 0.05) is 24.0 Å². The van der Waals surface area contributed by atoms with Crippen LogP contribution in [-0.4, -0.2) is 29.3 Å². The molecule has 2 aliphatic rings. The molecule has 0 aromatic heterocycles. The summed E-state index contributed by atoms with van der Waals surface area (Å²) in [5.74, 6) is 0.316. The molecule has 2 atom stereocenters. The summed E-state index contributed by atoms with van der Waals surface area (Å²) in [7, 11) is 0. The molecule has 0 N–H and O–H groups in total. The fourth-order valence-corrected chi connectivity index (χ4v) is 3.17. The van der Waals surface area contributed by atoms with Crippen LogP contribution in [0.4, 0.5) is 0 Å². The Morgan fingerprint density at radius 2 is 1.71 bits per heavy atom. The van der Waals surface area contributed by atoms with E-state index in [2.05, 4.69) is 18.7 Å². The van der Waals surface area contributed by atoms with Crippen LogP contribution < -0.4 is 0 Å². The standard InChI is InChI=1S/C12H21NO/c1-9-6-11(8-14)7-10(2)13(9)12-4-3-5-12/h8-12H,3-7H2,1-2H3. The molecule has 2 fully saturated rings. The number of nitrogens with zero attached hydrogens (tertiary/aromatic N) is 1. The SMILES string of the molecule is CC1CC(C=O)CC(C)N1C1CCC1. The molecule has 0 radical (unpaired) electrons. The third-order valence-corrected chi connectivity index (χ3v) is 3.99. The Labute approximate surface area is 86.7 Å². The normalized spacial score (nSPS) is 40.6. The number of hydrogen-bond donors (Lipinski definition) is 0. The number of carbonyl (C=O) groups is 1. The molecule has 1 aliphatic heterocycles. The summed E-state index contributed by atoms with van der Waals surface area (Å²) in [5, 5.41) is 0. The van der Waals surface area contributed by atoms with Crippen molar-refractivity contribution >= 4 is 6.29 Å². The van der Waals surface area contributed by atoms with Crippen LogP contribution in [0, 0.1) is 5.92 Å². The highest BCUT2D eigenvalue weighted by Crippen LogP contribution is 2.35. The van der Waals surface area contributed by atoms with E-state index < -0.39 is 0 Å². The van der Waals surface area contributed by atoms with Crippen LogP contribution >= 0.6 is 0 Å². The van der Waals surface area contributed by atoms with Gasteiger partial charge in [-0.25, -0.2) is 0 Å². The molecule has 2 rings (SSSR count). The molecule has 2 nitrogen and oxygen atoms in total. The van der Waals surface area contributed by atoms with E-state index in [1.807, 2.05) is 0 Å². The van der Waals surface area contributed by atoms with Crippen LogP contribution in [0.15, 0.2) is 0 Å². The summed E-state index contributed by atoms with van der Waals surface area (Å²) in [6.45, 7) is 4.56. The van der Waals surface area contributed by atoms with Crippen molar-refractivity contribution in [2.24, 2.45) is 5.92 Å². The van der Waals surface area contributed by atoms with Crippen molar-refractivity contribution < 1.29 is 4.79 Å². The molecule has 0 aromatic rings. The lowest BCUT2D eigenvalue weighted by Crippen LogP contribution is -2.54. The molecular weight excluding hydrogens is 174 g/mol. The molecule has 1 saturated heterocycles. The first-order valence-corrected chi connectivity index (χ1v) is 5.95. The van der Waals surface area contributed by atoms with Gasteiger partial charge in [0.05, 0.1) is 0 Å². The highest BCUT2D eigenvalue weighted by atomic mass is 16.1. The molecule has 80 valence electrons. The predicted molar refractivity (Wildman–Crippen MR) is 57.2 cm³/mol. The zero-order chi connectivity index (χ0) is 10.1. The van der Waals surface area contributed by atoms with E-state index in [9.17, 15) is 4.79 Å². The fourth-order valence-electron chi connectivity index (χ4n) is 3.17. The molecule has 0 amide bonds. The van der Waals surface area contributed by atoms with Crippen LogP contribution in [0.5, 0.6) is 0 Å². The van der Waals surface area contributed by atoms with Crippen LogP contribution in [0.3, 0.4) is 0 Å². The smallest absolute Gasteiger partial charge is 0.123 e. The second-order valence-corrected chi connectivity index (χ2v) is 5.10. The van der Waals surface area contributed by atoms with Crippen molar-refractivity contribution in [1.82, 2.24) is 4.90 Å². The lowest BCUT2D eigenvalue weighted by atomic mass is 9.82. The summed E-state index contributed by atoms with van der Waals surface area (Å²) >= 11 is 0. The van der Waals surface area contributed by atoms with E-state index in [-0.39, 0.29) is 0 Å². The van der Waals surface area contributed by atoms with Crippen LogP contribution in [0.1, 0.15) is 46.0 Å². The van der Waals surface area contributed by atoms with Gasteiger partial charge in [0.15, 0.2) is 0 Å². The summed E-state index contributed by atoms with van der Waals surface area (Å²) < 4.78 is 0. The Balaban J connectivity index is 1.99. The predicted octanol–water partition coefficient (Wildman–Crippen LogP) is 2.23. The fraction of sp³-hybridized carbons (Fsp3) is 0.917. The van der Waals surface area contributed by atoms with Crippen molar-refractivity contribution in [2.45, 2.75) is 64.1 Å². The molecule has 14 heavy (non-hydrogen) atoms. The van der Waals surface area contributed by atoms with Gasteiger partial charge in [-0.15, -0.1) is 0 Å². The quantitative estimate of drug-likeness (QED) is 0.630. The average Bonchev–Trinajstić information content (AvgIpc) is 2.07. The maximum Gasteiger partial charge on any atom is 0.123 e. The Bertz CT molecular complexity index is 200. The average molecular weight is 195 g/mol. The van der Waals surface area contributed by atoms with Gasteiger partial charge in [0.1, 0.15) is 6.29 Å². The molecule has 0 aromatic carbocycles. The maximum atomic E-state index is 10.8. The minimum Gasteiger partial charge on any atom is -0.303 e. The number of hydrogen-bond acceptors (Lipinski definition) is 2. The number of carbonyl (C=O) groups excluding carboxylic acids is 1. The van der Waals surface area contributed by atoms with Crippen molar-refractivity contribution in [2.75, 3.05) is 0 Å². The van der Waals surface area contributed by atoms with E-state index in [1.54, 1.807) is 0 Å². The molecule has 1 heterocycles. The van der Waals surface area contributed by atoms with E-state index in [0.717, 1.165) is 25.2 Å². The van der Waals surface area contributed by atoms with Gasteiger partial charge >= 0.3 is 0 Å². The van der Waals surface area contributed by atoms with Crippen molar-refractivity contribution in [3.05, 3.63) is 0 Å². The minimum atomic E-state index is 0.316. The minimum absolute atomic E-state index is 0.316. The van der Waals surface area contributed by atoms with Gasteiger partial charge in [0.2, 0.25) is 0 Å². The van der Waals surface area contributed by atoms with E-state index in [1.165, 1.54) is 19.3 Å². The molecular formula is C12H21NO. The van der Waals surface area contributed by atoms with Crippen molar-refractivity contribution in [3.63, 3.8) is 0 Å². The summed E-state index contributed by atoms with van der Waals surface area (Å²) in [5.41, 5.74) is 0. The highest BCUT2D eigenvalue weighted by Gasteiger charge is 2.37. The molecule has 0 bridgehead atoms. The lowest BCUT2D eigenvalue weighted by Gasteiger charge is -2.49. The Morgan fingerprint density at radius 1 is 1.14 bits per heavy atom. The molecule has 2 heteroatoms. The van der Waals surface area contributed by atoms with Gasteiger partial charge < -0.3 is 4.79 Å². The lowest BCUT2D eigenvalue weighted by molar-refractivity contribution is -0.114. The van der Waals surface area contributed by atoms with E-state index in [0.29, 0.717) is 18.0 Å². The number of aldehydes is 1. The van der Waals surface area contributed by atoms with Crippen LogP contribution in [0.2, 0.25) is 0 Å². The Hall–Kier alpha value is -0.370. The first-order valence-electron chi connectivity index (χ1n) is 5.95. The Morgan fingerprint density at radius 3 is 2.07 bits per heavy atom. The van der Waals surface area contributed by atoms with E-state index >= 15 is 0 Å². The zero-order valence-corrected chi connectivity index (χ0v) is 9.28. The molecule has 2 unspecified atom stereocenters.